The Morgan fingerprint density at radius 1 is 0.821 bits per heavy atom. The van der Waals surface area contributed by atoms with Gasteiger partial charge in [-0.15, -0.1) is 0 Å². The first-order valence-corrected chi connectivity index (χ1v) is 10.7. The van der Waals surface area contributed by atoms with Crippen LogP contribution in [0.4, 0.5) is 0 Å². The van der Waals surface area contributed by atoms with Crippen molar-refractivity contribution in [1.82, 2.24) is 0 Å². The monoisotopic (exact) mass is 380 g/mol. The lowest BCUT2D eigenvalue weighted by molar-refractivity contribution is 0.0857. The van der Waals surface area contributed by atoms with Crippen LogP contribution >= 0.6 is 0 Å². The highest BCUT2D eigenvalue weighted by Gasteiger charge is 2.24. The zero-order valence-electron chi connectivity index (χ0n) is 19.2. The first-order valence-electron chi connectivity index (χ1n) is 10.7. The van der Waals surface area contributed by atoms with Crippen LogP contribution in [0, 0.1) is 5.41 Å². The molecule has 0 radical (unpaired) electrons. The van der Waals surface area contributed by atoms with Crippen molar-refractivity contribution in [2.75, 3.05) is 0 Å². The maximum absolute atomic E-state index is 12.7. The van der Waals surface area contributed by atoms with Crippen LogP contribution in [-0.2, 0) is 6.42 Å². The summed E-state index contributed by atoms with van der Waals surface area (Å²) >= 11 is 0. The highest BCUT2D eigenvalue weighted by atomic mass is 16.1. The third kappa shape index (κ3) is 9.35. The average Bonchev–Trinajstić information content (AvgIpc) is 2.60. The van der Waals surface area contributed by atoms with Crippen molar-refractivity contribution in [3.8, 4) is 0 Å². The summed E-state index contributed by atoms with van der Waals surface area (Å²) in [4.78, 5) is 12.7. The van der Waals surface area contributed by atoms with Crippen molar-refractivity contribution >= 4 is 5.78 Å². The molecule has 0 N–H and O–H groups in total. The molecule has 0 aliphatic carbocycles. The third-order valence-electron chi connectivity index (χ3n) is 4.97. The summed E-state index contributed by atoms with van der Waals surface area (Å²) in [5, 5.41) is 0. The molecule has 0 unspecified atom stereocenters. The molecule has 1 aromatic rings. The van der Waals surface area contributed by atoms with Gasteiger partial charge in [0.1, 0.15) is 0 Å². The van der Waals surface area contributed by atoms with Crippen LogP contribution in [0.2, 0.25) is 0 Å². The molecule has 0 aliphatic heterocycles. The maximum atomic E-state index is 12.7. The van der Waals surface area contributed by atoms with Gasteiger partial charge in [0.25, 0.3) is 0 Å². The smallest absolute Gasteiger partial charge is 0.168 e. The lowest BCUT2D eigenvalue weighted by Gasteiger charge is -2.18. The van der Waals surface area contributed by atoms with Crippen LogP contribution in [-0.4, -0.2) is 5.78 Å². The Morgan fingerprint density at radius 3 is 1.93 bits per heavy atom. The number of rotatable bonds is 10. The van der Waals surface area contributed by atoms with Gasteiger partial charge in [-0.05, 0) is 71.8 Å². The molecule has 0 amide bonds. The van der Waals surface area contributed by atoms with Crippen LogP contribution in [0.1, 0.15) is 96.5 Å². The molecule has 0 saturated carbocycles. The van der Waals surface area contributed by atoms with E-state index in [1.807, 2.05) is 39.0 Å². The topological polar surface area (TPSA) is 17.1 Å². The van der Waals surface area contributed by atoms with Crippen LogP contribution < -0.4 is 0 Å². The molecule has 154 valence electrons. The Hall–Kier alpha value is -1.89. The molecule has 1 heteroatoms. The molecule has 0 fully saturated rings. The standard InChI is InChI=1S/C27H40O/c1-21(2)13-10-14-22(3)15-11-16-23(4)17-12-19-24-18-8-9-20-25(24)26(28)27(5,6)7/h8-9,13,15,17-18,20H,10-12,14,16,19H2,1-7H3/b22-15+,23-17+. The van der Waals surface area contributed by atoms with Crippen LogP contribution in [0.15, 0.2) is 59.2 Å². The number of carbonyl (C=O) groups excluding carboxylic acids is 1. The number of Topliss-reactive ketones (excluding diaryl/α,β-unsaturated/α-hetero) is 1. The Morgan fingerprint density at radius 2 is 1.36 bits per heavy atom. The lowest BCUT2D eigenvalue weighted by atomic mass is 9.84. The van der Waals surface area contributed by atoms with Crippen molar-refractivity contribution in [2.24, 2.45) is 5.41 Å². The van der Waals surface area contributed by atoms with Crippen molar-refractivity contribution in [2.45, 2.75) is 87.0 Å². The molecule has 1 aromatic carbocycles. The number of carbonyl (C=O) groups is 1. The highest BCUT2D eigenvalue weighted by Crippen LogP contribution is 2.24. The average molecular weight is 381 g/mol. The number of aryl methyl sites for hydroxylation is 1. The number of allylic oxidation sites excluding steroid dienone is 6. The summed E-state index contributed by atoms with van der Waals surface area (Å²) < 4.78 is 0. The summed E-state index contributed by atoms with van der Waals surface area (Å²) in [5.41, 5.74) is 6.04. The van der Waals surface area contributed by atoms with Gasteiger partial charge in [0.2, 0.25) is 0 Å². The second kappa shape index (κ2) is 11.8. The number of ketones is 1. The lowest BCUT2D eigenvalue weighted by Crippen LogP contribution is -2.21. The molecule has 28 heavy (non-hydrogen) atoms. The predicted molar refractivity (Wildman–Crippen MR) is 124 cm³/mol. The second-order valence-electron chi connectivity index (χ2n) is 9.23. The molecule has 0 heterocycles. The fourth-order valence-corrected chi connectivity index (χ4v) is 3.18. The largest absolute Gasteiger partial charge is 0.294 e. The van der Waals surface area contributed by atoms with E-state index in [2.05, 4.69) is 52.0 Å². The van der Waals surface area contributed by atoms with Gasteiger partial charge in [0.15, 0.2) is 5.78 Å². The minimum absolute atomic E-state index is 0.234. The second-order valence-corrected chi connectivity index (χ2v) is 9.23. The number of hydrogen-bond donors (Lipinski definition) is 0. The maximum Gasteiger partial charge on any atom is 0.168 e. The quantitative estimate of drug-likeness (QED) is 0.295. The van der Waals surface area contributed by atoms with Crippen molar-refractivity contribution in [1.29, 1.82) is 0 Å². The minimum Gasteiger partial charge on any atom is -0.294 e. The van der Waals surface area contributed by atoms with E-state index in [9.17, 15) is 4.79 Å². The van der Waals surface area contributed by atoms with Gasteiger partial charge in [-0.2, -0.15) is 0 Å². The van der Waals surface area contributed by atoms with Crippen LogP contribution in [0.3, 0.4) is 0 Å². The van der Waals surface area contributed by atoms with Gasteiger partial charge in [0.05, 0.1) is 0 Å². The fourth-order valence-electron chi connectivity index (χ4n) is 3.18. The molecule has 0 bridgehead atoms. The van der Waals surface area contributed by atoms with Gasteiger partial charge in [-0.25, -0.2) is 0 Å². The Balaban J connectivity index is 2.53. The summed E-state index contributed by atoms with van der Waals surface area (Å²) in [6.07, 6.45) is 13.5. The molecular weight excluding hydrogens is 340 g/mol. The van der Waals surface area contributed by atoms with Crippen LogP contribution in [0.25, 0.3) is 0 Å². The van der Waals surface area contributed by atoms with E-state index in [1.165, 1.54) is 22.3 Å². The molecule has 1 rings (SSSR count). The van der Waals surface area contributed by atoms with E-state index < -0.39 is 0 Å². The van der Waals surface area contributed by atoms with E-state index in [0.717, 1.165) is 44.1 Å². The van der Waals surface area contributed by atoms with E-state index in [-0.39, 0.29) is 11.2 Å². The normalized spacial score (nSPS) is 12.8. The van der Waals surface area contributed by atoms with Gasteiger partial charge in [0, 0.05) is 11.0 Å². The van der Waals surface area contributed by atoms with E-state index in [1.54, 1.807) is 0 Å². The van der Waals surface area contributed by atoms with Crippen molar-refractivity contribution < 1.29 is 4.79 Å². The molecule has 1 nitrogen and oxygen atoms in total. The number of hydrogen-bond acceptors (Lipinski definition) is 1. The zero-order valence-corrected chi connectivity index (χ0v) is 19.2. The minimum atomic E-state index is -0.336. The summed E-state index contributed by atoms with van der Waals surface area (Å²) in [6.45, 7) is 14.7. The van der Waals surface area contributed by atoms with Gasteiger partial charge in [-0.1, -0.05) is 80.0 Å². The van der Waals surface area contributed by atoms with Crippen LogP contribution in [0.5, 0.6) is 0 Å². The molecule has 0 saturated heterocycles. The van der Waals surface area contributed by atoms with E-state index in [0.29, 0.717) is 0 Å². The zero-order chi connectivity index (χ0) is 21.2. The fraction of sp³-hybridized carbons (Fsp3) is 0.519. The highest BCUT2D eigenvalue weighted by molar-refractivity contribution is 6.01. The van der Waals surface area contributed by atoms with Crippen molar-refractivity contribution in [3.05, 3.63) is 70.3 Å². The molecule has 0 spiro atoms. The van der Waals surface area contributed by atoms with E-state index >= 15 is 0 Å². The van der Waals surface area contributed by atoms with E-state index in [4.69, 9.17) is 0 Å². The summed E-state index contributed by atoms with van der Waals surface area (Å²) in [5.74, 6) is 0.234. The number of benzene rings is 1. The first-order chi connectivity index (χ1) is 13.1. The Bertz CT molecular complexity index is 719. The summed E-state index contributed by atoms with van der Waals surface area (Å²) in [6, 6.07) is 8.08. The molecule has 0 atom stereocenters. The first kappa shape index (κ1) is 24.1. The molecule has 0 aromatic heterocycles. The van der Waals surface area contributed by atoms with Gasteiger partial charge >= 0.3 is 0 Å². The van der Waals surface area contributed by atoms with Gasteiger partial charge in [-0.3, -0.25) is 4.79 Å². The molecular formula is C27H40O. The third-order valence-corrected chi connectivity index (χ3v) is 4.97. The van der Waals surface area contributed by atoms with Gasteiger partial charge < -0.3 is 0 Å². The van der Waals surface area contributed by atoms with Crippen molar-refractivity contribution in [3.63, 3.8) is 0 Å². The predicted octanol–water partition coefficient (Wildman–Crippen LogP) is 8.27. The Labute approximate surface area is 173 Å². The molecule has 0 aliphatic rings. The SMILES string of the molecule is CC(C)=CCC/C(C)=C/CC/C(C)=C/CCc1ccccc1C(=O)C(C)(C)C. The summed E-state index contributed by atoms with van der Waals surface area (Å²) in [7, 11) is 0. The Kier molecular flexibility index (Phi) is 10.2.